The summed E-state index contributed by atoms with van der Waals surface area (Å²) in [6.07, 6.45) is 5.75. The van der Waals surface area contributed by atoms with Gasteiger partial charge in [0, 0.05) is 44.2 Å². The van der Waals surface area contributed by atoms with Crippen LogP contribution in [0.2, 0.25) is 0 Å². The third-order valence-electron chi connectivity index (χ3n) is 3.19. The number of terminal acetylenes is 1. The molecule has 1 atom stereocenters. The maximum atomic E-state index is 11.8. The largest absolute Gasteiger partial charge is 0.345 e. The number of carbonyl (C=O) groups excluding carboxylic acids is 2. The molecule has 2 amide bonds. The Morgan fingerprint density at radius 1 is 1.37 bits per heavy atom. The van der Waals surface area contributed by atoms with Crippen LogP contribution in [0.1, 0.15) is 16.8 Å². The zero-order valence-electron chi connectivity index (χ0n) is 11.1. The summed E-state index contributed by atoms with van der Waals surface area (Å²) in [6, 6.07) is 7.03. The lowest BCUT2D eigenvalue weighted by atomic mass is 10.1. The van der Waals surface area contributed by atoms with E-state index < -0.39 is 0 Å². The van der Waals surface area contributed by atoms with Crippen LogP contribution < -0.4 is 4.90 Å². The van der Waals surface area contributed by atoms with Crippen molar-refractivity contribution in [2.24, 2.45) is 5.92 Å². The van der Waals surface area contributed by atoms with E-state index in [9.17, 15) is 9.59 Å². The molecule has 0 saturated carbocycles. The van der Waals surface area contributed by atoms with Crippen molar-refractivity contribution in [3.63, 3.8) is 0 Å². The second kappa shape index (κ2) is 5.15. The van der Waals surface area contributed by atoms with Gasteiger partial charge >= 0.3 is 0 Å². The second-order valence-corrected chi connectivity index (χ2v) is 4.82. The van der Waals surface area contributed by atoms with Crippen LogP contribution in [-0.2, 0) is 4.79 Å². The van der Waals surface area contributed by atoms with Gasteiger partial charge in [-0.05, 0) is 24.3 Å². The lowest BCUT2D eigenvalue weighted by molar-refractivity contribution is -0.117. The van der Waals surface area contributed by atoms with Crippen molar-refractivity contribution in [2.45, 2.75) is 6.42 Å². The van der Waals surface area contributed by atoms with Crippen molar-refractivity contribution in [3.05, 3.63) is 29.8 Å². The van der Waals surface area contributed by atoms with Crippen molar-refractivity contribution in [2.75, 3.05) is 25.5 Å². The van der Waals surface area contributed by atoms with Gasteiger partial charge in [0.05, 0.1) is 0 Å². The summed E-state index contributed by atoms with van der Waals surface area (Å²) >= 11 is 0. The minimum absolute atomic E-state index is 0.0180. The molecule has 0 radical (unpaired) electrons. The van der Waals surface area contributed by atoms with Crippen LogP contribution in [0.4, 0.5) is 5.69 Å². The fourth-order valence-corrected chi connectivity index (χ4v) is 2.11. The van der Waals surface area contributed by atoms with Gasteiger partial charge in [0.1, 0.15) is 0 Å². The summed E-state index contributed by atoms with van der Waals surface area (Å²) in [5.74, 6) is 2.58. The van der Waals surface area contributed by atoms with E-state index in [4.69, 9.17) is 6.42 Å². The van der Waals surface area contributed by atoms with Gasteiger partial charge in [-0.25, -0.2) is 0 Å². The molecule has 1 heterocycles. The highest BCUT2D eigenvalue weighted by Crippen LogP contribution is 2.25. The highest BCUT2D eigenvalue weighted by Gasteiger charge is 2.29. The number of nitrogens with zero attached hydrogens (tertiary/aromatic N) is 2. The topological polar surface area (TPSA) is 40.6 Å². The Morgan fingerprint density at radius 3 is 2.47 bits per heavy atom. The van der Waals surface area contributed by atoms with Gasteiger partial charge in [-0.15, -0.1) is 12.3 Å². The minimum atomic E-state index is -0.0548. The molecule has 4 nitrogen and oxygen atoms in total. The van der Waals surface area contributed by atoms with Gasteiger partial charge < -0.3 is 9.80 Å². The Balaban J connectivity index is 2.18. The van der Waals surface area contributed by atoms with Crippen LogP contribution in [0.25, 0.3) is 0 Å². The molecule has 4 heteroatoms. The molecule has 0 aromatic heterocycles. The number of amides is 2. The summed E-state index contributed by atoms with van der Waals surface area (Å²) in [5, 5.41) is 0. The first-order valence-corrected chi connectivity index (χ1v) is 6.11. The molecule has 0 bridgehead atoms. The standard InChI is InChI=1S/C15H16N2O2/c1-4-11-9-14(18)17(10-11)13-7-5-12(6-8-13)15(19)16(2)3/h1,5-8,11H,9-10H2,2-3H3. The van der Waals surface area contributed by atoms with Gasteiger partial charge in [-0.3, -0.25) is 9.59 Å². The van der Waals surface area contributed by atoms with Gasteiger partial charge in [0.2, 0.25) is 5.91 Å². The van der Waals surface area contributed by atoms with Crippen molar-refractivity contribution < 1.29 is 9.59 Å². The van der Waals surface area contributed by atoms with E-state index in [1.807, 2.05) is 0 Å². The summed E-state index contributed by atoms with van der Waals surface area (Å²) in [5.41, 5.74) is 1.40. The quantitative estimate of drug-likeness (QED) is 0.750. The van der Waals surface area contributed by atoms with Crippen LogP contribution in [0.3, 0.4) is 0 Å². The Bertz CT molecular complexity index is 540. The van der Waals surface area contributed by atoms with Crippen molar-refractivity contribution >= 4 is 17.5 Å². The maximum absolute atomic E-state index is 11.8. The number of benzene rings is 1. The zero-order chi connectivity index (χ0) is 14.0. The molecule has 0 aliphatic carbocycles. The van der Waals surface area contributed by atoms with Gasteiger partial charge in [0.25, 0.3) is 5.91 Å². The van der Waals surface area contributed by atoms with E-state index in [2.05, 4.69) is 5.92 Å². The smallest absolute Gasteiger partial charge is 0.253 e. The molecule has 0 spiro atoms. The highest BCUT2D eigenvalue weighted by atomic mass is 16.2. The third kappa shape index (κ3) is 2.60. The molecule has 1 unspecified atom stereocenters. The van der Waals surface area contributed by atoms with E-state index in [1.165, 1.54) is 4.90 Å². The fraction of sp³-hybridized carbons (Fsp3) is 0.333. The zero-order valence-corrected chi connectivity index (χ0v) is 11.1. The first-order chi connectivity index (χ1) is 9.02. The maximum Gasteiger partial charge on any atom is 0.253 e. The van der Waals surface area contributed by atoms with Gasteiger partial charge in [0.15, 0.2) is 0 Å². The molecule has 2 rings (SSSR count). The van der Waals surface area contributed by atoms with E-state index in [0.717, 1.165) is 5.69 Å². The van der Waals surface area contributed by atoms with Crippen molar-refractivity contribution in [1.82, 2.24) is 4.90 Å². The van der Waals surface area contributed by atoms with Crippen LogP contribution in [0.5, 0.6) is 0 Å². The Labute approximate surface area is 113 Å². The van der Waals surface area contributed by atoms with Crippen LogP contribution in [0.15, 0.2) is 24.3 Å². The van der Waals surface area contributed by atoms with Gasteiger partial charge in [-0.2, -0.15) is 0 Å². The lowest BCUT2D eigenvalue weighted by Gasteiger charge is -2.17. The second-order valence-electron chi connectivity index (χ2n) is 4.82. The number of anilines is 1. The van der Waals surface area contributed by atoms with Crippen LogP contribution >= 0.6 is 0 Å². The molecule has 1 aromatic rings. The number of carbonyl (C=O) groups is 2. The SMILES string of the molecule is C#CC1CC(=O)N(c2ccc(C(=O)N(C)C)cc2)C1. The van der Waals surface area contributed by atoms with E-state index in [1.54, 1.807) is 43.3 Å². The average molecular weight is 256 g/mol. The highest BCUT2D eigenvalue weighted by molar-refractivity contribution is 5.98. The number of hydrogen-bond donors (Lipinski definition) is 0. The Morgan fingerprint density at radius 2 is 2.00 bits per heavy atom. The van der Waals surface area contributed by atoms with E-state index >= 15 is 0 Å². The van der Waals surface area contributed by atoms with Crippen LogP contribution in [0, 0.1) is 18.3 Å². The normalized spacial score (nSPS) is 18.3. The predicted molar refractivity (Wildman–Crippen MR) is 73.8 cm³/mol. The molecule has 98 valence electrons. The Kier molecular flexibility index (Phi) is 3.57. The third-order valence-corrected chi connectivity index (χ3v) is 3.19. The van der Waals surface area contributed by atoms with Crippen molar-refractivity contribution in [1.29, 1.82) is 0 Å². The fourth-order valence-electron chi connectivity index (χ4n) is 2.11. The molecule has 0 N–H and O–H groups in total. The summed E-state index contributed by atoms with van der Waals surface area (Å²) in [4.78, 5) is 26.8. The molecule has 19 heavy (non-hydrogen) atoms. The van der Waals surface area contributed by atoms with Crippen LogP contribution in [-0.4, -0.2) is 37.4 Å². The minimum Gasteiger partial charge on any atom is -0.345 e. The lowest BCUT2D eigenvalue weighted by Crippen LogP contribution is -2.25. The number of hydrogen-bond acceptors (Lipinski definition) is 2. The Hall–Kier alpha value is -2.28. The van der Waals surface area contributed by atoms with Gasteiger partial charge in [-0.1, -0.05) is 0 Å². The molecular formula is C15H16N2O2. The van der Waals surface area contributed by atoms with Crippen molar-refractivity contribution in [3.8, 4) is 12.3 Å². The predicted octanol–water partition coefficient (Wildman–Crippen LogP) is 1.37. The molecule has 1 fully saturated rings. The monoisotopic (exact) mass is 256 g/mol. The first kappa shape index (κ1) is 13.2. The van der Waals surface area contributed by atoms with E-state index in [-0.39, 0.29) is 17.7 Å². The molecular weight excluding hydrogens is 240 g/mol. The summed E-state index contributed by atoms with van der Waals surface area (Å²) < 4.78 is 0. The average Bonchev–Trinajstić information content (AvgIpc) is 2.79. The molecule has 1 aliphatic rings. The summed E-state index contributed by atoms with van der Waals surface area (Å²) in [6.45, 7) is 0.552. The van der Waals surface area contributed by atoms with E-state index in [0.29, 0.717) is 18.5 Å². The molecule has 1 saturated heterocycles. The molecule has 1 aromatic carbocycles. The molecule has 1 aliphatic heterocycles. The first-order valence-electron chi connectivity index (χ1n) is 6.11. The number of rotatable bonds is 2. The summed E-state index contributed by atoms with van der Waals surface area (Å²) in [7, 11) is 3.41.